The number of rotatable bonds is 4. The van der Waals surface area contributed by atoms with Gasteiger partial charge in [0, 0.05) is 6.54 Å². The molecule has 1 saturated heterocycles. The highest BCUT2D eigenvalue weighted by molar-refractivity contribution is 5.86. The summed E-state index contributed by atoms with van der Waals surface area (Å²) in [6.45, 7) is 2.58. The molecular formula is C16H19N3O3. The summed E-state index contributed by atoms with van der Waals surface area (Å²) < 4.78 is 5.29. The second kappa shape index (κ2) is 7.46. The quantitative estimate of drug-likeness (QED) is 0.858. The van der Waals surface area contributed by atoms with Gasteiger partial charge < -0.3 is 10.1 Å². The molecular weight excluding hydrogens is 282 g/mol. The molecule has 1 N–H and O–H groups in total. The van der Waals surface area contributed by atoms with Crippen molar-refractivity contribution in [2.24, 2.45) is 5.92 Å². The Morgan fingerprint density at radius 2 is 2.14 bits per heavy atom. The summed E-state index contributed by atoms with van der Waals surface area (Å²) in [5.74, 6) is -0.0790. The van der Waals surface area contributed by atoms with Crippen LogP contribution in [-0.2, 0) is 16.1 Å². The van der Waals surface area contributed by atoms with Crippen LogP contribution in [0.15, 0.2) is 30.3 Å². The van der Waals surface area contributed by atoms with Crippen LogP contribution in [0.2, 0.25) is 0 Å². The molecule has 2 rings (SSSR count). The van der Waals surface area contributed by atoms with Gasteiger partial charge >= 0.3 is 6.09 Å². The van der Waals surface area contributed by atoms with Crippen LogP contribution in [0.25, 0.3) is 0 Å². The molecule has 0 aliphatic carbocycles. The largest absolute Gasteiger partial charge is 0.445 e. The van der Waals surface area contributed by atoms with Gasteiger partial charge in [0.2, 0.25) is 5.91 Å². The van der Waals surface area contributed by atoms with Crippen molar-refractivity contribution in [2.45, 2.75) is 26.0 Å². The Balaban J connectivity index is 1.94. The summed E-state index contributed by atoms with van der Waals surface area (Å²) in [6, 6.07) is 10.7. The third-order valence-electron chi connectivity index (χ3n) is 3.59. The first kappa shape index (κ1) is 15.8. The van der Waals surface area contributed by atoms with E-state index >= 15 is 0 Å². The van der Waals surface area contributed by atoms with Gasteiger partial charge in [-0.3, -0.25) is 9.69 Å². The highest BCUT2D eigenvalue weighted by Gasteiger charge is 2.38. The van der Waals surface area contributed by atoms with Gasteiger partial charge in [0.15, 0.2) is 0 Å². The Hall–Kier alpha value is -2.55. The Morgan fingerprint density at radius 3 is 2.82 bits per heavy atom. The molecule has 6 heteroatoms. The van der Waals surface area contributed by atoms with Crippen LogP contribution in [0.5, 0.6) is 0 Å². The summed E-state index contributed by atoms with van der Waals surface area (Å²) >= 11 is 0. The minimum absolute atomic E-state index is 0.0589. The lowest BCUT2D eigenvalue weighted by atomic mass is 10.1. The molecule has 1 aliphatic heterocycles. The SMILES string of the molecule is CC1C[C@@H](C(=O)NCC#N)N(C(=O)OCc2ccccc2)C1. The van der Waals surface area contributed by atoms with E-state index in [1.807, 2.05) is 43.3 Å². The van der Waals surface area contributed by atoms with Crippen molar-refractivity contribution >= 4 is 12.0 Å². The number of nitrogens with one attached hydrogen (secondary N) is 1. The average Bonchev–Trinajstić information content (AvgIpc) is 2.93. The zero-order valence-electron chi connectivity index (χ0n) is 12.5. The maximum atomic E-state index is 12.2. The number of carbonyl (C=O) groups excluding carboxylic acids is 2. The number of ether oxygens (including phenoxy) is 1. The van der Waals surface area contributed by atoms with E-state index in [-0.39, 0.29) is 25.0 Å². The number of likely N-dealkylation sites (tertiary alicyclic amines) is 1. The average molecular weight is 301 g/mol. The summed E-state index contributed by atoms with van der Waals surface area (Å²) in [7, 11) is 0. The summed E-state index contributed by atoms with van der Waals surface area (Å²) in [5.41, 5.74) is 0.897. The van der Waals surface area contributed by atoms with E-state index in [1.165, 1.54) is 4.90 Å². The monoisotopic (exact) mass is 301 g/mol. The summed E-state index contributed by atoms with van der Waals surface area (Å²) in [6.07, 6.45) is 0.0860. The van der Waals surface area contributed by atoms with E-state index in [9.17, 15) is 9.59 Å². The van der Waals surface area contributed by atoms with E-state index in [4.69, 9.17) is 10.00 Å². The first-order chi connectivity index (χ1) is 10.6. The Bertz CT molecular complexity index is 568. The number of benzene rings is 1. The lowest BCUT2D eigenvalue weighted by Gasteiger charge is -2.22. The predicted molar refractivity (Wildman–Crippen MR) is 79.5 cm³/mol. The lowest BCUT2D eigenvalue weighted by Crippen LogP contribution is -2.46. The molecule has 6 nitrogen and oxygen atoms in total. The van der Waals surface area contributed by atoms with Gasteiger partial charge in [0.05, 0.1) is 6.07 Å². The summed E-state index contributed by atoms with van der Waals surface area (Å²) in [4.78, 5) is 25.7. The number of amides is 2. The van der Waals surface area contributed by atoms with E-state index in [1.54, 1.807) is 0 Å². The minimum Gasteiger partial charge on any atom is -0.445 e. The van der Waals surface area contributed by atoms with Gasteiger partial charge in [-0.1, -0.05) is 37.3 Å². The number of hydrogen-bond donors (Lipinski definition) is 1. The highest BCUT2D eigenvalue weighted by atomic mass is 16.6. The van der Waals surface area contributed by atoms with Crippen LogP contribution in [-0.4, -0.2) is 36.0 Å². The van der Waals surface area contributed by atoms with Gasteiger partial charge in [-0.25, -0.2) is 4.79 Å². The van der Waals surface area contributed by atoms with Crippen molar-refractivity contribution in [2.75, 3.05) is 13.1 Å². The molecule has 1 heterocycles. The first-order valence-corrected chi connectivity index (χ1v) is 7.23. The van der Waals surface area contributed by atoms with E-state index in [0.29, 0.717) is 13.0 Å². The predicted octanol–water partition coefficient (Wildman–Crippen LogP) is 1.67. The molecule has 2 atom stereocenters. The molecule has 1 aliphatic rings. The molecule has 0 saturated carbocycles. The highest BCUT2D eigenvalue weighted by Crippen LogP contribution is 2.24. The molecule has 22 heavy (non-hydrogen) atoms. The molecule has 2 amide bonds. The van der Waals surface area contributed by atoms with Crippen LogP contribution in [0.1, 0.15) is 18.9 Å². The van der Waals surface area contributed by atoms with Crippen molar-refractivity contribution in [3.63, 3.8) is 0 Å². The van der Waals surface area contributed by atoms with Crippen molar-refractivity contribution in [1.29, 1.82) is 5.26 Å². The van der Waals surface area contributed by atoms with Crippen LogP contribution in [0, 0.1) is 17.2 Å². The van der Waals surface area contributed by atoms with Gasteiger partial charge in [-0.15, -0.1) is 0 Å². The maximum Gasteiger partial charge on any atom is 0.410 e. The molecule has 1 unspecified atom stereocenters. The zero-order chi connectivity index (χ0) is 15.9. The van der Waals surface area contributed by atoms with Crippen molar-refractivity contribution in [3.8, 4) is 6.07 Å². The second-order valence-electron chi connectivity index (χ2n) is 5.43. The van der Waals surface area contributed by atoms with Gasteiger partial charge in [0.25, 0.3) is 0 Å². The normalized spacial score (nSPS) is 20.3. The Morgan fingerprint density at radius 1 is 1.41 bits per heavy atom. The molecule has 1 aromatic carbocycles. The number of hydrogen-bond acceptors (Lipinski definition) is 4. The molecule has 0 bridgehead atoms. The number of nitrogens with zero attached hydrogens (tertiary/aromatic N) is 2. The van der Waals surface area contributed by atoms with Gasteiger partial charge in [0.1, 0.15) is 19.2 Å². The fourth-order valence-corrected chi connectivity index (χ4v) is 2.54. The number of carbonyl (C=O) groups is 2. The van der Waals surface area contributed by atoms with Crippen LogP contribution < -0.4 is 5.32 Å². The standard InChI is InChI=1S/C16H19N3O3/c1-12-9-14(15(20)18-8-7-17)19(10-12)16(21)22-11-13-5-3-2-4-6-13/h2-6,12,14H,8-11H2,1H3,(H,18,20)/t12?,14-/m0/s1. The van der Waals surface area contributed by atoms with E-state index in [2.05, 4.69) is 5.32 Å². The Kier molecular flexibility index (Phi) is 5.37. The molecule has 116 valence electrons. The topological polar surface area (TPSA) is 82.4 Å². The third kappa shape index (κ3) is 3.98. The van der Waals surface area contributed by atoms with Crippen LogP contribution in [0.4, 0.5) is 4.79 Å². The lowest BCUT2D eigenvalue weighted by molar-refractivity contribution is -0.124. The molecule has 1 aromatic rings. The molecule has 0 radical (unpaired) electrons. The van der Waals surface area contributed by atoms with Crippen molar-refractivity contribution in [1.82, 2.24) is 10.2 Å². The third-order valence-corrected chi connectivity index (χ3v) is 3.59. The molecule has 0 aromatic heterocycles. The zero-order valence-corrected chi connectivity index (χ0v) is 12.5. The van der Waals surface area contributed by atoms with E-state index < -0.39 is 12.1 Å². The smallest absolute Gasteiger partial charge is 0.410 e. The van der Waals surface area contributed by atoms with Crippen LogP contribution >= 0.6 is 0 Å². The van der Waals surface area contributed by atoms with Gasteiger partial charge in [-0.05, 0) is 17.9 Å². The molecule has 1 fully saturated rings. The minimum atomic E-state index is -0.563. The van der Waals surface area contributed by atoms with Crippen molar-refractivity contribution in [3.05, 3.63) is 35.9 Å². The first-order valence-electron chi connectivity index (χ1n) is 7.23. The summed E-state index contributed by atoms with van der Waals surface area (Å²) in [5, 5.41) is 11.0. The van der Waals surface area contributed by atoms with Crippen LogP contribution in [0.3, 0.4) is 0 Å². The maximum absolute atomic E-state index is 12.2. The number of nitriles is 1. The van der Waals surface area contributed by atoms with E-state index in [0.717, 1.165) is 5.56 Å². The van der Waals surface area contributed by atoms with Crippen molar-refractivity contribution < 1.29 is 14.3 Å². The second-order valence-corrected chi connectivity index (χ2v) is 5.43. The fourth-order valence-electron chi connectivity index (χ4n) is 2.54. The molecule has 0 spiro atoms. The fraction of sp³-hybridized carbons (Fsp3) is 0.438. The van der Waals surface area contributed by atoms with Gasteiger partial charge in [-0.2, -0.15) is 5.26 Å². The Labute approximate surface area is 129 Å².